The maximum absolute atomic E-state index is 12.2. The SMILES string of the molecule is CCc1ccccc1NC(=O)CNC(=O)c1c(C)nsc1NC. The van der Waals surface area contributed by atoms with Crippen LogP contribution in [-0.2, 0) is 11.2 Å². The summed E-state index contributed by atoms with van der Waals surface area (Å²) >= 11 is 1.22. The quantitative estimate of drug-likeness (QED) is 0.759. The Morgan fingerprint density at radius 2 is 2.00 bits per heavy atom. The number of aromatic nitrogens is 1. The first kappa shape index (κ1) is 17.0. The summed E-state index contributed by atoms with van der Waals surface area (Å²) in [5, 5.41) is 9.08. The molecule has 0 fully saturated rings. The average Bonchev–Trinajstić information content (AvgIpc) is 2.94. The van der Waals surface area contributed by atoms with Gasteiger partial charge in [-0.1, -0.05) is 25.1 Å². The summed E-state index contributed by atoms with van der Waals surface area (Å²) in [5.74, 6) is -0.564. The van der Waals surface area contributed by atoms with Gasteiger partial charge in [-0.15, -0.1) is 0 Å². The van der Waals surface area contributed by atoms with Crippen molar-refractivity contribution in [3.8, 4) is 0 Å². The highest BCUT2D eigenvalue weighted by Gasteiger charge is 2.18. The summed E-state index contributed by atoms with van der Waals surface area (Å²) in [6.45, 7) is 3.71. The molecule has 23 heavy (non-hydrogen) atoms. The fourth-order valence-corrected chi connectivity index (χ4v) is 2.94. The van der Waals surface area contributed by atoms with Crippen molar-refractivity contribution in [3.05, 3.63) is 41.1 Å². The zero-order chi connectivity index (χ0) is 16.8. The minimum Gasteiger partial charge on any atom is -0.378 e. The van der Waals surface area contributed by atoms with E-state index in [0.29, 0.717) is 16.3 Å². The molecule has 2 amide bonds. The smallest absolute Gasteiger partial charge is 0.256 e. The minimum atomic E-state index is -0.306. The van der Waals surface area contributed by atoms with E-state index >= 15 is 0 Å². The molecule has 0 atom stereocenters. The van der Waals surface area contributed by atoms with Crippen LogP contribution in [0.2, 0.25) is 0 Å². The van der Waals surface area contributed by atoms with Crippen LogP contribution in [0.1, 0.15) is 28.5 Å². The van der Waals surface area contributed by atoms with Crippen molar-refractivity contribution in [3.63, 3.8) is 0 Å². The average molecular weight is 332 g/mol. The van der Waals surface area contributed by atoms with E-state index in [2.05, 4.69) is 20.3 Å². The molecule has 6 nitrogen and oxygen atoms in total. The Balaban J connectivity index is 1.96. The van der Waals surface area contributed by atoms with Gasteiger partial charge in [-0.2, -0.15) is 4.37 Å². The largest absolute Gasteiger partial charge is 0.378 e. The highest BCUT2D eigenvalue weighted by molar-refractivity contribution is 7.10. The van der Waals surface area contributed by atoms with Crippen LogP contribution in [-0.4, -0.2) is 29.8 Å². The number of anilines is 2. The van der Waals surface area contributed by atoms with E-state index in [1.54, 1.807) is 14.0 Å². The lowest BCUT2D eigenvalue weighted by molar-refractivity contribution is -0.115. The number of para-hydroxylation sites is 1. The topological polar surface area (TPSA) is 83.1 Å². The van der Waals surface area contributed by atoms with Crippen molar-refractivity contribution in [2.24, 2.45) is 0 Å². The van der Waals surface area contributed by atoms with Gasteiger partial charge in [0.1, 0.15) is 5.00 Å². The van der Waals surface area contributed by atoms with Gasteiger partial charge in [-0.05, 0) is 36.5 Å². The number of benzene rings is 1. The molecule has 0 radical (unpaired) electrons. The van der Waals surface area contributed by atoms with Crippen LogP contribution < -0.4 is 16.0 Å². The maximum Gasteiger partial charge on any atom is 0.256 e. The fourth-order valence-electron chi connectivity index (χ4n) is 2.20. The lowest BCUT2D eigenvalue weighted by atomic mass is 10.1. The van der Waals surface area contributed by atoms with Gasteiger partial charge in [-0.3, -0.25) is 9.59 Å². The molecule has 2 aromatic rings. The number of nitrogens with zero attached hydrogens (tertiary/aromatic N) is 1. The highest BCUT2D eigenvalue weighted by Crippen LogP contribution is 2.23. The van der Waals surface area contributed by atoms with Crippen molar-refractivity contribution >= 4 is 34.0 Å². The van der Waals surface area contributed by atoms with E-state index in [-0.39, 0.29) is 18.4 Å². The molecule has 2 rings (SSSR count). The molecule has 1 aromatic carbocycles. The third-order valence-corrected chi connectivity index (χ3v) is 4.35. The molecule has 0 aliphatic carbocycles. The van der Waals surface area contributed by atoms with Gasteiger partial charge < -0.3 is 16.0 Å². The Morgan fingerprint density at radius 1 is 1.26 bits per heavy atom. The number of amides is 2. The molecular formula is C16H20N4O2S. The summed E-state index contributed by atoms with van der Waals surface area (Å²) in [6, 6.07) is 7.62. The van der Waals surface area contributed by atoms with Gasteiger partial charge in [0, 0.05) is 12.7 Å². The summed E-state index contributed by atoms with van der Waals surface area (Å²) in [4.78, 5) is 24.3. The first-order valence-corrected chi connectivity index (χ1v) is 8.14. The molecule has 0 aliphatic heterocycles. The summed E-state index contributed by atoms with van der Waals surface area (Å²) in [7, 11) is 1.73. The zero-order valence-corrected chi connectivity index (χ0v) is 14.2. The lowest BCUT2D eigenvalue weighted by Gasteiger charge is -2.10. The molecule has 122 valence electrons. The molecule has 7 heteroatoms. The van der Waals surface area contributed by atoms with Crippen LogP contribution in [0.3, 0.4) is 0 Å². The number of hydrogen-bond donors (Lipinski definition) is 3. The molecule has 0 bridgehead atoms. The van der Waals surface area contributed by atoms with E-state index in [4.69, 9.17) is 0 Å². The second-order valence-corrected chi connectivity index (χ2v) is 5.74. The highest BCUT2D eigenvalue weighted by atomic mass is 32.1. The van der Waals surface area contributed by atoms with Gasteiger partial charge >= 0.3 is 0 Å². The predicted molar refractivity (Wildman–Crippen MR) is 93.2 cm³/mol. The minimum absolute atomic E-state index is 0.0880. The molecule has 0 aliphatic rings. The number of hydrogen-bond acceptors (Lipinski definition) is 5. The monoisotopic (exact) mass is 332 g/mol. The van der Waals surface area contributed by atoms with Crippen molar-refractivity contribution in [2.45, 2.75) is 20.3 Å². The molecule has 0 spiro atoms. The molecule has 1 aromatic heterocycles. The number of carbonyl (C=O) groups excluding carboxylic acids is 2. The van der Waals surface area contributed by atoms with Crippen LogP contribution in [0, 0.1) is 6.92 Å². The van der Waals surface area contributed by atoms with Gasteiger partial charge in [0.2, 0.25) is 5.91 Å². The van der Waals surface area contributed by atoms with Gasteiger partial charge in [-0.25, -0.2) is 0 Å². The molecule has 1 heterocycles. The Bertz CT molecular complexity index is 712. The van der Waals surface area contributed by atoms with Crippen LogP contribution in [0.25, 0.3) is 0 Å². The van der Waals surface area contributed by atoms with Crippen LogP contribution >= 0.6 is 11.5 Å². The van der Waals surface area contributed by atoms with Crippen molar-refractivity contribution in [1.29, 1.82) is 0 Å². The second-order valence-electron chi connectivity index (χ2n) is 4.96. The second kappa shape index (κ2) is 7.73. The zero-order valence-electron chi connectivity index (χ0n) is 13.4. The lowest BCUT2D eigenvalue weighted by Crippen LogP contribution is -2.33. The third-order valence-electron chi connectivity index (χ3n) is 3.40. The molecule has 0 unspecified atom stereocenters. The summed E-state index contributed by atoms with van der Waals surface area (Å²) in [6.07, 6.45) is 0.827. The number of aryl methyl sites for hydroxylation is 2. The third kappa shape index (κ3) is 4.07. The van der Waals surface area contributed by atoms with Crippen molar-refractivity contribution in [1.82, 2.24) is 9.69 Å². The summed E-state index contributed by atoms with van der Waals surface area (Å²) in [5.41, 5.74) is 2.97. The standard InChI is InChI=1S/C16H20N4O2S/c1-4-11-7-5-6-8-12(11)19-13(21)9-18-15(22)14-10(2)20-23-16(14)17-3/h5-8,17H,4,9H2,1-3H3,(H,18,22)(H,19,21). The Labute approximate surface area is 139 Å². The normalized spacial score (nSPS) is 10.2. The molecule has 0 saturated carbocycles. The Hall–Kier alpha value is -2.41. The van der Waals surface area contributed by atoms with E-state index in [0.717, 1.165) is 17.7 Å². The van der Waals surface area contributed by atoms with Crippen molar-refractivity contribution < 1.29 is 9.59 Å². The summed E-state index contributed by atoms with van der Waals surface area (Å²) < 4.78 is 4.14. The van der Waals surface area contributed by atoms with E-state index < -0.39 is 0 Å². The van der Waals surface area contributed by atoms with E-state index in [9.17, 15) is 9.59 Å². The van der Waals surface area contributed by atoms with Crippen LogP contribution in [0.15, 0.2) is 24.3 Å². The molecular weight excluding hydrogens is 312 g/mol. The van der Waals surface area contributed by atoms with E-state index in [1.165, 1.54) is 11.5 Å². The number of nitrogens with one attached hydrogen (secondary N) is 3. The van der Waals surface area contributed by atoms with Gasteiger partial charge in [0.15, 0.2) is 0 Å². The Morgan fingerprint density at radius 3 is 2.70 bits per heavy atom. The van der Waals surface area contributed by atoms with Crippen LogP contribution in [0.5, 0.6) is 0 Å². The molecule has 0 saturated heterocycles. The predicted octanol–water partition coefficient (Wildman–Crippen LogP) is 2.42. The maximum atomic E-state index is 12.2. The van der Waals surface area contributed by atoms with Crippen LogP contribution in [0.4, 0.5) is 10.7 Å². The van der Waals surface area contributed by atoms with Gasteiger partial charge in [0.25, 0.3) is 5.91 Å². The molecule has 3 N–H and O–H groups in total. The van der Waals surface area contributed by atoms with E-state index in [1.807, 2.05) is 31.2 Å². The number of rotatable bonds is 6. The van der Waals surface area contributed by atoms with Crippen molar-refractivity contribution in [2.75, 3.05) is 24.2 Å². The Kier molecular flexibility index (Phi) is 5.70. The first-order valence-electron chi connectivity index (χ1n) is 7.36. The first-order chi connectivity index (χ1) is 11.1. The van der Waals surface area contributed by atoms with Gasteiger partial charge in [0.05, 0.1) is 17.8 Å². The number of carbonyl (C=O) groups is 2. The fraction of sp³-hybridized carbons (Fsp3) is 0.312.